The third-order valence-corrected chi connectivity index (χ3v) is 3.61. The highest BCUT2D eigenvalue weighted by atomic mass is 127. The summed E-state index contributed by atoms with van der Waals surface area (Å²) < 4.78 is 11.1. The summed E-state index contributed by atoms with van der Waals surface area (Å²) in [6, 6.07) is 14.6. The number of ether oxygens (including phenoxy) is 2. The summed E-state index contributed by atoms with van der Waals surface area (Å²) in [5.74, 6) is 2.48. The van der Waals surface area contributed by atoms with E-state index in [1.165, 1.54) is 0 Å². The van der Waals surface area contributed by atoms with Crippen LogP contribution in [0.25, 0.3) is 0 Å². The first-order valence-electron chi connectivity index (χ1n) is 8.71. The molecule has 0 amide bonds. The van der Waals surface area contributed by atoms with Gasteiger partial charge in [-0.2, -0.15) is 0 Å². The van der Waals surface area contributed by atoms with Gasteiger partial charge in [-0.1, -0.05) is 18.2 Å². The van der Waals surface area contributed by atoms with Gasteiger partial charge in [0.15, 0.2) is 5.96 Å². The Morgan fingerprint density at radius 2 is 1.85 bits per heavy atom. The number of nitrogens with one attached hydrogen (secondary N) is 2. The van der Waals surface area contributed by atoms with Crippen LogP contribution in [0, 0.1) is 0 Å². The van der Waals surface area contributed by atoms with Crippen LogP contribution in [0.2, 0.25) is 0 Å². The molecular formula is C20H28IN3O3. The number of aromatic hydroxyl groups is 1. The van der Waals surface area contributed by atoms with Crippen molar-refractivity contribution in [1.82, 2.24) is 10.6 Å². The van der Waals surface area contributed by atoms with Crippen molar-refractivity contribution < 1.29 is 14.6 Å². The third-order valence-electron chi connectivity index (χ3n) is 3.61. The van der Waals surface area contributed by atoms with E-state index in [0.717, 1.165) is 23.6 Å². The number of halogens is 1. The van der Waals surface area contributed by atoms with Gasteiger partial charge in [-0.25, -0.2) is 4.99 Å². The monoisotopic (exact) mass is 485 g/mol. The van der Waals surface area contributed by atoms with Crippen LogP contribution in [0.3, 0.4) is 0 Å². The zero-order chi connectivity index (χ0) is 18.8. The van der Waals surface area contributed by atoms with Crippen molar-refractivity contribution in [1.29, 1.82) is 0 Å². The standard InChI is InChI=1S/C20H27N3O3.HI/c1-4-21-20(23-14-16-7-5-8-17(24)11-16)22-13-15(2)26-19-10-6-9-18(12-19)25-3;/h5-12,15,24H,4,13-14H2,1-3H3,(H2,21,22,23);1H. The first-order valence-corrected chi connectivity index (χ1v) is 8.71. The molecule has 0 spiro atoms. The topological polar surface area (TPSA) is 75.1 Å². The Labute approximate surface area is 178 Å². The molecule has 2 rings (SSSR count). The van der Waals surface area contributed by atoms with Crippen LogP contribution in [0.15, 0.2) is 53.5 Å². The molecule has 0 aliphatic heterocycles. The molecule has 0 heterocycles. The minimum atomic E-state index is -0.0493. The van der Waals surface area contributed by atoms with Crippen LogP contribution in [0.1, 0.15) is 19.4 Å². The Kier molecular flexibility index (Phi) is 10.4. The molecule has 0 bridgehead atoms. The average Bonchev–Trinajstić information content (AvgIpc) is 2.64. The van der Waals surface area contributed by atoms with E-state index in [1.54, 1.807) is 19.2 Å². The van der Waals surface area contributed by atoms with Gasteiger partial charge in [-0.15, -0.1) is 24.0 Å². The summed E-state index contributed by atoms with van der Waals surface area (Å²) in [6.45, 7) is 5.85. The first kappa shape index (κ1) is 22.9. The van der Waals surface area contributed by atoms with Crippen LogP contribution in [0.5, 0.6) is 17.2 Å². The fraction of sp³-hybridized carbons (Fsp3) is 0.350. The van der Waals surface area contributed by atoms with E-state index in [4.69, 9.17) is 9.47 Å². The molecule has 0 fully saturated rings. The summed E-state index contributed by atoms with van der Waals surface area (Å²) in [4.78, 5) is 4.54. The summed E-state index contributed by atoms with van der Waals surface area (Å²) in [5, 5.41) is 16.0. The molecule has 1 atom stereocenters. The number of phenols is 1. The van der Waals surface area contributed by atoms with Crippen LogP contribution in [-0.4, -0.2) is 37.4 Å². The lowest BCUT2D eigenvalue weighted by Gasteiger charge is -2.18. The van der Waals surface area contributed by atoms with Crippen molar-refractivity contribution in [3.05, 3.63) is 54.1 Å². The maximum Gasteiger partial charge on any atom is 0.191 e. The lowest BCUT2D eigenvalue weighted by Crippen LogP contribution is -2.41. The highest BCUT2D eigenvalue weighted by molar-refractivity contribution is 14.0. The lowest BCUT2D eigenvalue weighted by atomic mass is 10.2. The molecular weight excluding hydrogens is 457 g/mol. The molecule has 0 aliphatic rings. The fourth-order valence-electron chi connectivity index (χ4n) is 2.36. The minimum Gasteiger partial charge on any atom is -0.508 e. The van der Waals surface area contributed by atoms with Gasteiger partial charge in [0.05, 0.1) is 20.2 Å². The Morgan fingerprint density at radius 1 is 1.11 bits per heavy atom. The van der Waals surface area contributed by atoms with Gasteiger partial charge >= 0.3 is 0 Å². The van der Waals surface area contributed by atoms with Gasteiger partial charge in [-0.05, 0) is 43.7 Å². The normalized spacial score (nSPS) is 11.9. The first-order chi connectivity index (χ1) is 12.6. The number of rotatable bonds is 8. The van der Waals surface area contributed by atoms with E-state index in [0.29, 0.717) is 19.0 Å². The van der Waals surface area contributed by atoms with Crippen LogP contribution < -0.4 is 20.1 Å². The molecule has 0 aromatic heterocycles. The maximum atomic E-state index is 9.53. The van der Waals surface area contributed by atoms with Crippen molar-refractivity contribution in [3.8, 4) is 17.2 Å². The molecule has 2 aromatic carbocycles. The highest BCUT2D eigenvalue weighted by Gasteiger charge is 2.07. The fourth-order valence-corrected chi connectivity index (χ4v) is 2.36. The molecule has 7 heteroatoms. The Balaban J connectivity index is 0.00000364. The second-order valence-corrected chi connectivity index (χ2v) is 5.85. The minimum absolute atomic E-state index is 0. The number of hydrogen-bond donors (Lipinski definition) is 3. The lowest BCUT2D eigenvalue weighted by molar-refractivity contribution is 0.223. The van der Waals surface area contributed by atoms with Gasteiger partial charge in [0, 0.05) is 12.6 Å². The number of guanidine groups is 1. The third kappa shape index (κ3) is 8.38. The SMILES string of the molecule is CCNC(=NCc1cccc(O)c1)NCC(C)Oc1cccc(OC)c1.I. The number of benzene rings is 2. The molecule has 0 saturated carbocycles. The van der Waals surface area contributed by atoms with Gasteiger partial charge < -0.3 is 25.2 Å². The van der Waals surface area contributed by atoms with Gasteiger partial charge in [0.1, 0.15) is 23.4 Å². The number of nitrogens with zero attached hydrogens (tertiary/aromatic N) is 1. The molecule has 27 heavy (non-hydrogen) atoms. The summed E-state index contributed by atoms with van der Waals surface area (Å²) >= 11 is 0. The van der Waals surface area contributed by atoms with E-state index in [2.05, 4.69) is 15.6 Å². The Morgan fingerprint density at radius 3 is 2.56 bits per heavy atom. The maximum absolute atomic E-state index is 9.53. The number of hydrogen-bond acceptors (Lipinski definition) is 4. The highest BCUT2D eigenvalue weighted by Crippen LogP contribution is 2.19. The molecule has 3 N–H and O–H groups in total. The summed E-state index contributed by atoms with van der Waals surface area (Å²) in [6.07, 6.45) is -0.0493. The van der Waals surface area contributed by atoms with E-state index in [1.807, 2.05) is 50.2 Å². The van der Waals surface area contributed by atoms with Gasteiger partial charge in [0.2, 0.25) is 0 Å². The van der Waals surface area contributed by atoms with E-state index >= 15 is 0 Å². The van der Waals surface area contributed by atoms with E-state index < -0.39 is 0 Å². The molecule has 0 aliphatic carbocycles. The molecule has 6 nitrogen and oxygen atoms in total. The van der Waals surface area contributed by atoms with Crippen molar-refractivity contribution in [2.45, 2.75) is 26.5 Å². The van der Waals surface area contributed by atoms with Gasteiger partial charge in [0.25, 0.3) is 0 Å². The van der Waals surface area contributed by atoms with Gasteiger partial charge in [-0.3, -0.25) is 0 Å². The van der Waals surface area contributed by atoms with Crippen molar-refractivity contribution in [2.75, 3.05) is 20.2 Å². The summed E-state index contributed by atoms with van der Waals surface area (Å²) in [7, 11) is 1.63. The summed E-state index contributed by atoms with van der Waals surface area (Å²) in [5.41, 5.74) is 0.947. The smallest absolute Gasteiger partial charge is 0.191 e. The van der Waals surface area contributed by atoms with E-state index in [9.17, 15) is 5.11 Å². The number of aliphatic imine (C=N–C) groups is 1. The predicted octanol–water partition coefficient (Wildman–Crippen LogP) is 3.54. The largest absolute Gasteiger partial charge is 0.508 e. The molecule has 0 saturated heterocycles. The van der Waals surface area contributed by atoms with Crippen molar-refractivity contribution in [2.24, 2.45) is 4.99 Å². The van der Waals surface area contributed by atoms with Crippen LogP contribution in [0.4, 0.5) is 0 Å². The quantitative estimate of drug-likeness (QED) is 0.303. The van der Waals surface area contributed by atoms with E-state index in [-0.39, 0.29) is 35.8 Å². The molecule has 148 valence electrons. The average molecular weight is 485 g/mol. The van der Waals surface area contributed by atoms with Crippen LogP contribution in [-0.2, 0) is 6.54 Å². The molecule has 1 unspecified atom stereocenters. The molecule has 2 aromatic rings. The second-order valence-electron chi connectivity index (χ2n) is 5.85. The number of phenolic OH excluding ortho intramolecular Hbond substituents is 1. The second kappa shape index (κ2) is 12.3. The Bertz CT molecular complexity index is 725. The number of methoxy groups -OCH3 is 1. The zero-order valence-corrected chi connectivity index (χ0v) is 18.3. The molecule has 0 radical (unpaired) electrons. The Hall–Kier alpha value is -2.16. The van der Waals surface area contributed by atoms with Crippen LogP contribution >= 0.6 is 24.0 Å². The van der Waals surface area contributed by atoms with Crippen molar-refractivity contribution in [3.63, 3.8) is 0 Å². The predicted molar refractivity (Wildman–Crippen MR) is 119 cm³/mol. The zero-order valence-electron chi connectivity index (χ0n) is 15.9. The van der Waals surface area contributed by atoms with Crippen molar-refractivity contribution >= 4 is 29.9 Å².